The SMILES string of the molecule is Cc1cc2c(ccn2Cc2ccccc2O)cc1C#N. The lowest BCUT2D eigenvalue weighted by Crippen LogP contribution is -1.98. The first-order valence-electron chi connectivity index (χ1n) is 6.45. The van der Waals surface area contributed by atoms with Gasteiger partial charge in [-0.2, -0.15) is 5.26 Å². The molecular formula is C17H14N2O. The Morgan fingerprint density at radius 1 is 1.20 bits per heavy atom. The van der Waals surface area contributed by atoms with Crippen LogP contribution in [0.5, 0.6) is 5.75 Å². The molecule has 1 aromatic heterocycles. The van der Waals surface area contributed by atoms with Crippen LogP contribution in [-0.2, 0) is 6.54 Å². The van der Waals surface area contributed by atoms with Crippen LogP contribution in [-0.4, -0.2) is 9.67 Å². The number of phenolic OH excluding ortho intramolecular Hbond substituents is 1. The largest absolute Gasteiger partial charge is 0.508 e. The molecule has 0 atom stereocenters. The number of rotatable bonds is 2. The summed E-state index contributed by atoms with van der Waals surface area (Å²) >= 11 is 0. The molecule has 0 unspecified atom stereocenters. The molecule has 0 aliphatic heterocycles. The van der Waals surface area contributed by atoms with E-state index in [2.05, 4.69) is 10.6 Å². The lowest BCUT2D eigenvalue weighted by Gasteiger charge is -2.08. The van der Waals surface area contributed by atoms with Crippen LogP contribution >= 0.6 is 0 Å². The van der Waals surface area contributed by atoms with Gasteiger partial charge >= 0.3 is 0 Å². The van der Waals surface area contributed by atoms with Gasteiger partial charge in [0.05, 0.1) is 18.2 Å². The van der Waals surface area contributed by atoms with E-state index in [9.17, 15) is 5.11 Å². The monoisotopic (exact) mass is 262 g/mol. The van der Waals surface area contributed by atoms with Gasteiger partial charge in [-0.25, -0.2) is 0 Å². The number of aromatic nitrogens is 1. The highest BCUT2D eigenvalue weighted by Crippen LogP contribution is 2.24. The van der Waals surface area contributed by atoms with Crippen LogP contribution in [0.1, 0.15) is 16.7 Å². The third-order valence-corrected chi connectivity index (χ3v) is 3.57. The van der Waals surface area contributed by atoms with Gasteiger partial charge in [0.2, 0.25) is 0 Å². The van der Waals surface area contributed by atoms with Crippen molar-refractivity contribution in [2.24, 2.45) is 0 Å². The normalized spacial score (nSPS) is 10.6. The zero-order valence-corrected chi connectivity index (χ0v) is 11.2. The van der Waals surface area contributed by atoms with Crippen LogP contribution in [0.2, 0.25) is 0 Å². The maximum Gasteiger partial charge on any atom is 0.120 e. The second kappa shape index (κ2) is 4.75. The Hall–Kier alpha value is -2.73. The molecule has 20 heavy (non-hydrogen) atoms. The lowest BCUT2D eigenvalue weighted by atomic mass is 10.1. The Bertz CT molecular complexity index is 825. The van der Waals surface area contributed by atoms with Crippen molar-refractivity contribution in [2.75, 3.05) is 0 Å². The molecule has 0 aliphatic rings. The van der Waals surface area contributed by atoms with Crippen molar-refractivity contribution in [3.05, 3.63) is 65.4 Å². The van der Waals surface area contributed by atoms with Crippen molar-refractivity contribution in [1.29, 1.82) is 5.26 Å². The van der Waals surface area contributed by atoms with E-state index in [1.807, 2.05) is 49.5 Å². The van der Waals surface area contributed by atoms with Crippen LogP contribution < -0.4 is 0 Å². The second-order valence-electron chi connectivity index (χ2n) is 4.91. The number of hydrogen-bond acceptors (Lipinski definition) is 2. The maximum atomic E-state index is 9.86. The number of para-hydroxylation sites is 1. The van der Waals surface area contributed by atoms with Gasteiger partial charge in [0.15, 0.2) is 0 Å². The molecule has 98 valence electrons. The van der Waals surface area contributed by atoms with Crippen molar-refractivity contribution in [3.63, 3.8) is 0 Å². The molecule has 3 aromatic rings. The van der Waals surface area contributed by atoms with E-state index in [-0.39, 0.29) is 0 Å². The van der Waals surface area contributed by atoms with Crippen molar-refractivity contribution >= 4 is 10.9 Å². The number of hydrogen-bond donors (Lipinski definition) is 1. The average Bonchev–Trinajstić information content (AvgIpc) is 2.83. The van der Waals surface area contributed by atoms with E-state index < -0.39 is 0 Å². The highest BCUT2D eigenvalue weighted by molar-refractivity contribution is 5.83. The number of aromatic hydroxyl groups is 1. The summed E-state index contributed by atoms with van der Waals surface area (Å²) in [6, 6.07) is 15.5. The summed E-state index contributed by atoms with van der Waals surface area (Å²) < 4.78 is 2.08. The first-order chi connectivity index (χ1) is 9.69. The van der Waals surface area contributed by atoms with Gasteiger partial charge in [-0.1, -0.05) is 18.2 Å². The van der Waals surface area contributed by atoms with E-state index in [4.69, 9.17) is 5.26 Å². The molecule has 2 aromatic carbocycles. The number of fused-ring (bicyclic) bond motifs is 1. The molecule has 0 aliphatic carbocycles. The van der Waals surface area contributed by atoms with E-state index in [0.29, 0.717) is 17.9 Å². The fourth-order valence-corrected chi connectivity index (χ4v) is 2.43. The molecule has 0 bridgehead atoms. The summed E-state index contributed by atoms with van der Waals surface area (Å²) in [4.78, 5) is 0. The predicted octanol–water partition coefficient (Wildman–Crippen LogP) is 3.58. The van der Waals surface area contributed by atoms with Crippen LogP contribution in [0.15, 0.2) is 48.7 Å². The molecule has 0 saturated heterocycles. The smallest absolute Gasteiger partial charge is 0.120 e. The van der Waals surface area contributed by atoms with Crippen molar-refractivity contribution in [3.8, 4) is 11.8 Å². The molecule has 3 nitrogen and oxygen atoms in total. The number of phenols is 1. The van der Waals surface area contributed by atoms with Gasteiger partial charge < -0.3 is 9.67 Å². The zero-order chi connectivity index (χ0) is 14.1. The third kappa shape index (κ3) is 2.02. The van der Waals surface area contributed by atoms with E-state index in [0.717, 1.165) is 22.0 Å². The number of nitriles is 1. The van der Waals surface area contributed by atoms with Gasteiger partial charge in [-0.05, 0) is 36.8 Å². The molecular weight excluding hydrogens is 248 g/mol. The summed E-state index contributed by atoms with van der Waals surface area (Å²) in [6.45, 7) is 2.55. The summed E-state index contributed by atoms with van der Waals surface area (Å²) in [5.74, 6) is 0.305. The minimum absolute atomic E-state index is 0.305. The van der Waals surface area contributed by atoms with E-state index in [1.165, 1.54) is 0 Å². The quantitative estimate of drug-likeness (QED) is 0.767. The Balaban J connectivity index is 2.08. The number of aryl methyl sites for hydroxylation is 1. The fraction of sp³-hybridized carbons (Fsp3) is 0.118. The van der Waals surface area contributed by atoms with Crippen LogP contribution in [0.3, 0.4) is 0 Å². The van der Waals surface area contributed by atoms with Gasteiger partial charge in [-0.15, -0.1) is 0 Å². The average molecular weight is 262 g/mol. The molecule has 0 saturated carbocycles. The highest BCUT2D eigenvalue weighted by Gasteiger charge is 2.07. The zero-order valence-electron chi connectivity index (χ0n) is 11.2. The third-order valence-electron chi connectivity index (χ3n) is 3.57. The van der Waals surface area contributed by atoms with Gasteiger partial charge in [0.1, 0.15) is 5.75 Å². The summed E-state index contributed by atoms with van der Waals surface area (Å²) in [5, 5.41) is 20.0. The van der Waals surface area contributed by atoms with Gasteiger partial charge in [0, 0.05) is 22.7 Å². The number of nitrogens with zero attached hydrogens (tertiary/aromatic N) is 2. The minimum atomic E-state index is 0.305. The second-order valence-corrected chi connectivity index (χ2v) is 4.91. The summed E-state index contributed by atoms with van der Waals surface area (Å²) in [7, 11) is 0. The van der Waals surface area contributed by atoms with Crippen LogP contribution in [0, 0.1) is 18.3 Å². The molecule has 0 spiro atoms. The predicted molar refractivity (Wildman–Crippen MR) is 78.6 cm³/mol. The first kappa shape index (κ1) is 12.3. The van der Waals surface area contributed by atoms with E-state index in [1.54, 1.807) is 6.07 Å². The standard InChI is InChI=1S/C17H14N2O/c1-12-8-16-13(9-15(12)10-18)6-7-19(16)11-14-4-2-3-5-17(14)20/h2-9,20H,11H2,1H3. The Morgan fingerprint density at radius 3 is 2.75 bits per heavy atom. The maximum absolute atomic E-state index is 9.86. The summed E-state index contributed by atoms with van der Waals surface area (Å²) in [6.07, 6.45) is 1.98. The van der Waals surface area contributed by atoms with Gasteiger partial charge in [-0.3, -0.25) is 0 Å². The lowest BCUT2D eigenvalue weighted by molar-refractivity contribution is 0.466. The van der Waals surface area contributed by atoms with Crippen molar-refractivity contribution in [2.45, 2.75) is 13.5 Å². The molecule has 3 rings (SSSR count). The molecule has 0 radical (unpaired) electrons. The Morgan fingerprint density at radius 2 is 2.00 bits per heavy atom. The Kier molecular flexibility index (Phi) is 2.92. The Labute approximate surface area is 117 Å². The molecule has 0 fully saturated rings. The molecule has 1 N–H and O–H groups in total. The highest BCUT2D eigenvalue weighted by atomic mass is 16.3. The van der Waals surface area contributed by atoms with Crippen molar-refractivity contribution < 1.29 is 5.11 Å². The van der Waals surface area contributed by atoms with Gasteiger partial charge in [0.25, 0.3) is 0 Å². The van der Waals surface area contributed by atoms with Crippen LogP contribution in [0.25, 0.3) is 10.9 Å². The summed E-state index contributed by atoms with van der Waals surface area (Å²) in [5.41, 5.74) is 3.63. The van der Waals surface area contributed by atoms with E-state index >= 15 is 0 Å². The minimum Gasteiger partial charge on any atom is -0.508 e. The molecule has 3 heteroatoms. The topological polar surface area (TPSA) is 49.0 Å². The van der Waals surface area contributed by atoms with Crippen LogP contribution in [0.4, 0.5) is 0 Å². The number of benzene rings is 2. The first-order valence-corrected chi connectivity index (χ1v) is 6.45. The molecule has 0 amide bonds. The fourth-order valence-electron chi connectivity index (χ4n) is 2.43. The molecule has 1 heterocycles. The van der Waals surface area contributed by atoms with Crippen molar-refractivity contribution in [1.82, 2.24) is 4.57 Å².